The van der Waals surface area contributed by atoms with Gasteiger partial charge in [-0.15, -0.1) is 11.3 Å². The maximum Gasteiger partial charge on any atom is 0.0888 e. The Labute approximate surface area is 200 Å². The number of nitrogens with zero attached hydrogens (tertiary/aromatic N) is 2. The zero-order chi connectivity index (χ0) is 23.2. The van der Waals surface area contributed by atoms with Gasteiger partial charge in [0.1, 0.15) is 0 Å². The van der Waals surface area contributed by atoms with Crippen molar-refractivity contribution in [1.82, 2.24) is 9.97 Å². The molecule has 2 aromatic carbocycles. The lowest BCUT2D eigenvalue weighted by Crippen LogP contribution is -2.12. The summed E-state index contributed by atoms with van der Waals surface area (Å²) < 4.78 is 1.25. The molecule has 5 aromatic rings. The number of pyridine rings is 2. The zero-order valence-electron chi connectivity index (χ0n) is 20.0. The number of rotatable bonds is 4. The smallest absolute Gasteiger partial charge is 0.0888 e. The molecule has 0 atom stereocenters. The van der Waals surface area contributed by atoms with E-state index in [1.807, 2.05) is 12.4 Å². The van der Waals surface area contributed by atoms with Gasteiger partial charge in [0.25, 0.3) is 0 Å². The van der Waals surface area contributed by atoms with Gasteiger partial charge in [-0.2, -0.15) is 0 Å². The molecule has 0 amide bonds. The molecule has 3 heteroatoms. The lowest BCUT2D eigenvalue weighted by atomic mass is 9.82. The minimum atomic E-state index is 0.0500. The second kappa shape index (κ2) is 8.39. The van der Waals surface area contributed by atoms with Gasteiger partial charge in [0.2, 0.25) is 0 Å². The van der Waals surface area contributed by atoms with Crippen LogP contribution in [0.5, 0.6) is 0 Å². The minimum absolute atomic E-state index is 0.0500. The Balaban J connectivity index is 1.60. The van der Waals surface area contributed by atoms with Crippen molar-refractivity contribution in [2.45, 2.75) is 46.5 Å². The van der Waals surface area contributed by atoms with Crippen molar-refractivity contribution in [2.75, 3.05) is 0 Å². The molecule has 0 aliphatic carbocycles. The van der Waals surface area contributed by atoms with E-state index in [2.05, 4.69) is 94.6 Å². The molecule has 0 saturated heterocycles. The molecule has 0 spiro atoms. The molecule has 0 radical (unpaired) electrons. The molecule has 0 bridgehead atoms. The van der Waals surface area contributed by atoms with Crippen LogP contribution < -0.4 is 0 Å². The highest BCUT2D eigenvalue weighted by Gasteiger charge is 2.19. The van der Waals surface area contributed by atoms with Crippen LogP contribution in [0.1, 0.15) is 45.7 Å². The highest BCUT2D eigenvalue weighted by Crippen LogP contribution is 2.37. The molecule has 166 valence electrons. The fraction of sp³-hybridized carbons (Fsp3) is 0.267. The molecule has 0 fully saturated rings. The summed E-state index contributed by atoms with van der Waals surface area (Å²) in [6.07, 6.45) is 5.03. The number of fused-ring (bicyclic) bond motifs is 2. The fourth-order valence-corrected chi connectivity index (χ4v) is 5.56. The third-order valence-electron chi connectivity index (χ3n) is 6.15. The first-order valence-electron chi connectivity index (χ1n) is 11.7. The Bertz CT molecular complexity index is 1450. The van der Waals surface area contributed by atoms with Gasteiger partial charge in [-0.05, 0) is 75.5 Å². The average molecular weight is 451 g/mol. The number of hydrogen-bond donors (Lipinski definition) is 0. The van der Waals surface area contributed by atoms with E-state index in [9.17, 15) is 0 Å². The van der Waals surface area contributed by atoms with Gasteiger partial charge in [0.15, 0.2) is 0 Å². The van der Waals surface area contributed by atoms with Crippen molar-refractivity contribution in [1.29, 1.82) is 0 Å². The van der Waals surface area contributed by atoms with E-state index >= 15 is 0 Å². The molecule has 0 saturated carbocycles. The number of thiophene rings is 1. The summed E-state index contributed by atoms with van der Waals surface area (Å²) in [4.78, 5) is 9.61. The van der Waals surface area contributed by atoms with E-state index in [0.29, 0.717) is 5.92 Å². The van der Waals surface area contributed by atoms with Crippen LogP contribution in [0.4, 0.5) is 0 Å². The normalized spacial score (nSPS) is 12.2. The monoisotopic (exact) mass is 450 g/mol. The van der Waals surface area contributed by atoms with Gasteiger partial charge in [0, 0.05) is 28.9 Å². The first-order chi connectivity index (χ1) is 15.8. The topological polar surface area (TPSA) is 25.8 Å². The molecule has 3 heterocycles. The van der Waals surface area contributed by atoms with Crippen molar-refractivity contribution >= 4 is 32.3 Å². The standard InChI is InChI=1S/C30H30N2S/c1-19(2)12-20-13-28-29(32-17-20)25(18-33-28)22-10-11-31-27(16-22)23-14-21-8-6-7-9-24(21)26(15-23)30(3,4)5/h6-11,13-19H,12H2,1-5H3. The molecule has 0 unspecified atom stereocenters. The molecule has 3 aromatic heterocycles. The maximum absolute atomic E-state index is 4.85. The molecule has 2 nitrogen and oxygen atoms in total. The predicted molar refractivity (Wildman–Crippen MR) is 143 cm³/mol. The van der Waals surface area contributed by atoms with Gasteiger partial charge < -0.3 is 0 Å². The van der Waals surface area contributed by atoms with E-state index in [4.69, 9.17) is 9.97 Å². The predicted octanol–water partition coefficient (Wildman–Crippen LogP) is 8.67. The van der Waals surface area contributed by atoms with Crippen LogP contribution in [0.3, 0.4) is 0 Å². The van der Waals surface area contributed by atoms with Gasteiger partial charge in [-0.3, -0.25) is 9.97 Å². The van der Waals surface area contributed by atoms with Crippen LogP contribution in [-0.2, 0) is 11.8 Å². The highest BCUT2D eigenvalue weighted by molar-refractivity contribution is 7.17. The van der Waals surface area contributed by atoms with Gasteiger partial charge in [-0.25, -0.2) is 0 Å². The fourth-order valence-electron chi connectivity index (χ4n) is 4.58. The Morgan fingerprint density at radius 3 is 2.52 bits per heavy atom. The first-order valence-corrected chi connectivity index (χ1v) is 12.5. The van der Waals surface area contributed by atoms with Crippen molar-refractivity contribution in [3.63, 3.8) is 0 Å². The van der Waals surface area contributed by atoms with Crippen LogP contribution in [0, 0.1) is 5.92 Å². The van der Waals surface area contributed by atoms with Crippen LogP contribution in [-0.4, -0.2) is 9.97 Å². The lowest BCUT2D eigenvalue weighted by Gasteiger charge is -2.22. The Morgan fingerprint density at radius 1 is 0.909 bits per heavy atom. The third kappa shape index (κ3) is 4.30. The summed E-state index contributed by atoms with van der Waals surface area (Å²) in [5.74, 6) is 0.631. The summed E-state index contributed by atoms with van der Waals surface area (Å²) in [6, 6.07) is 19.8. The Kier molecular flexibility index (Phi) is 5.54. The number of benzene rings is 2. The van der Waals surface area contributed by atoms with Crippen LogP contribution in [0.25, 0.3) is 43.4 Å². The maximum atomic E-state index is 4.85. The summed E-state index contributed by atoms with van der Waals surface area (Å²) in [5, 5.41) is 4.80. The first kappa shape index (κ1) is 21.8. The molecule has 0 aliphatic heterocycles. The zero-order valence-corrected chi connectivity index (χ0v) is 20.8. The van der Waals surface area contributed by atoms with Gasteiger partial charge in [-0.1, -0.05) is 58.9 Å². The van der Waals surface area contributed by atoms with E-state index in [-0.39, 0.29) is 5.41 Å². The second-order valence-electron chi connectivity index (χ2n) is 10.4. The molecular formula is C30H30N2S. The van der Waals surface area contributed by atoms with Crippen LogP contribution in [0.2, 0.25) is 0 Å². The van der Waals surface area contributed by atoms with Crippen molar-refractivity contribution in [2.24, 2.45) is 5.92 Å². The van der Waals surface area contributed by atoms with Gasteiger partial charge >= 0.3 is 0 Å². The Morgan fingerprint density at radius 2 is 1.73 bits per heavy atom. The van der Waals surface area contributed by atoms with E-state index in [1.165, 1.54) is 37.7 Å². The summed E-state index contributed by atoms with van der Waals surface area (Å²) in [7, 11) is 0. The summed E-state index contributed by atoms with van der Waals surface area (Å²) in [5.41, 5.74) is 8.31. The number of aromatic nitrogens is 2. The highest BCUT2D eigenvalue weighted by atomic mass is 32.1. The quantitative estimate of drug-likeness (QED) is 0.274. The van der Waals surface area contributed by atoms with Crippen molar-refractivity contribution in [3.05, 3.63) is 83.5 Å². The Hall–Kier alpha value is -3.04. The average Bonchev–Trinajstić information content (AvgIpc) is 3.20. The van der Waals surface area contributed by atoms with E-state index in [1.54, 1.807) is 11.3 Å². The molecular weight excluding hydrogens is 420 g/mol. The minimum Gasteiger partial charge on any atom is -0.256 e. The molecule has 33 heavy (non-hydrogen) atoms. The molecule has 0 aliphatic rings. The summed E-state index contributed by atoms with van der Waals surface area (Å²) in [6.45, 7) is 11.3. The van der Waals surface area contributed by atoms with E-state index < -0.39 is 0 Å². The van der Waals surface area contributed by atoms with Crippen molar-refractivity contribution < 1.29 is 0 Å². The van der Waals surface area contributed by atoms with Crippen molar-refractivity contribution in [3.8, 4) is 22.4 Å². The second-order valence-corrected chi connectivity index (χ2v) is 11.3. The lowest BCUT2D eigenvalue weighted by molar-refractivity contribution is 0.596. The largest absolute Gasteiger partial charge is 0.256 e. The van der Waals surface area contributed by atoms with Crippen LogP contribution in [0.15, 0.2) is 72.4 Å². The third-order valence-corrected chi connectivity index (χ3v) is 7.07. The molecule has 5 rings (SSSR count). The SMILES string of the molecule is CC(C)Cc1cnc2c(-c3ccnc(-c4cc(C(C)(C)C)c5ccccc5c4)c3)csc2c1. The van der Waals surface area contributed by atoms with Gasteiger partial charge in [0.05, 0.1) is 15.9 Å². The summed E-state index contributed by atoms with van der Waals surface area (Å²) >= 11 is 1.78. The van der Waals surface area contributed by atoms with E-state index in [0.717, 1.165) is 23.2 Å². The van der Waals surface area contributed by atoms with Crippen LogP contribution >= 0.6 is 11.3 Å². The molecule has 0 N–H and O–H groups in total. The number of hydrogen-bond acceptors (Lipinski definition) is 3.